The monoisotopic (exact) mass is 356 g/mol. The zero-order chi connectivity index (χ0) is 19.0. The molecule has 0 radical (unpaired) electrons. The van der Waals surface area contributed by atoms with E-state index in [-0.39, 0.29) is 5.91 Å². The lowest BCUT2D eigenvalue weighted by Crippen LogP contribution is -2.15. The van der Waals surface area contributed by atoms with Gasteiger partial charge >= 0.3 is 0 Å². The molecular formula is C21H16N4O2. The zero-order valence-electron chi connectivity index (χ0n) is 14.9. The van der Waals surface area contributed by atoms with Crippen molar-refractivity contribution in [2.75, 3.05) is 0 Å². The topological polar surface area (TPSA) is 77.7 Å². The van der Waals surface area contributed by atoms with Gasteiger partial charge in [0.1, 0.15) is 5.69 Å². The molecule has 1 aromatic carbocycles. The summed E-state index contributed by atoms with van der Waals surface area (Å²) in [7, 11) is 0. The van der Waals surface area contributed by atoms with Crippen molar-refractivity contribution in [2.45, 2.75) is 13.8 Å². The minimum absolute atomic E-state index is 0.341. The lowest BCUT2D eigenvalue weighted by Gasteiger charge is -2.06. The Hall–Kier alpha value is -3.67. The van der Waals surface area contributed by atoms with E-state index in [9.17, 15) is 9.59 Å². The number of aryl methyl sites for hydroxylation is 2. The van der Waals surface area contributed by atoms with E-state index in [4.69, 9.17) is 0 Å². The van der Waals surface area contributed by atoms with E-state index in [1.165, 1.54) is 10.9 Å². The first kappa shape index (κ1) is 16.8. The van der Waals surface area contributed by atoms with Crippen LogP contribution in [0.4, 0.5) is 0 Å². The van der Waals surface area contributed by atoms with E-state index in [0.29, 0.717) is 34.4 Å². The molecule has 6 heteroatoms. The van der Waals surface area contributed by atoms with Gasteiger partial charge in [0.05, 0.1) is 16.8 Å². The third kappa shape index (κ3) is 3.01. The Balaban J connectivity index is 1.80. The minimum atomic E-state index is -0.341. The van der Waals surface area contributed by atoms with Crippen molar-refractivity contribution in [1.82, 2.24) is 19.7 Å². The average Bonchev–Trinajstić information content (AvgIpc) is 3.12. The van der Waals surface area contributed by atoms with Crippen LogP contribution in [0.2, 0.25) is 0 Å². The smallest absolute Gasteiger partial charge is 0.280 e. The number of hydrogen-bond acceptors (Lipinski definition) is 5. The second-order valence-electron chi connectivity index (χ2n) is 6.34. The number of hydrogen-bond donors (Lipinski definition) is 0. The number of fused-ring (bicyclic) bond motifs is 1. The van der Waals surface area contributed by atoms with Gasteiger partial charge in [-0.15, -0.1) is 0 Å². The molecule has 0 aliphatic carbocycles. The molecule has 0 amide bonds. The zero-order valence-corrected chi connectivity index (χ0v) is 14.9. The molecule has 0 atom stereocenters. The number of pyridine rings is 2. The van der Waals surface area contributed by atoms with Gasteiger partial charge in [-0.3, -0.25) is 9.59 Å². The van der Waals surface area contributed by atoms with Gasteiger partial charge in [-0.05, 0) is 32.0 Å². The number of aromatic nitrogens is 4. The number of aldehydes is 1. The van der Waals surface area contributed by atoms with E-state index in [0.717, 1.165) is 16.5 Å². The molecule has 132 valence electrons. The fraction of sp³-hybridized carbons (Fsp3) is 0.0952. The highest BCUT2D eigenvalue weighted by molar-refractivity contribution is 6.00. The summed E-state index contributed by atoms with van der Waals surface area (Å²) >= 11 is 0. The van der Waals surface area contributed by atoms with Crippen LogP contribution in [0.25, 0.3) is 22.3 Å². The standard InChI is InChI=1S/C21H16N4O2/c1-13-5-7-15(8-6-13)19-17(12-26)11-25(24-19)21(27)18-10-16-4-3-9-22-20(16)23-14(18)2/h3-12H,1-2H3. The maximum absolute atomic E-state index is 13.0. The van der Waals surface area contributed by atoms with Gasteiger partial charge in [0.2, 0.25) is 0 Å². The summed E-state index contributed by atoms with van der Waals surface area (Å²) in [6.07, 6.45) is 3.83. The summed E-state index contributed by atoms with van der Waals surface area (Å²) in [5.74, 6) is -0.341. The molecule has 0 aliphatic heterocycles. The van der Waals surface area contributed by atoms with Crippen LogP contribution in [0.5, 0.6) is 0 Å². The Morgan fingerprint density at radius 2 is 1.89 bits per heavy atom. The number of benzene rings is 1. The molecule has 3 heterocycles. The fourth-order valence-electron chi connectivity index (χ4n) is 2.95. The summed E-state index contributed by atoms with van der Waals surface area (Å²) in [5, 5.41) is 5.14. The number of rotatable bonds is 3. The average molecular weight is 356 g/mol. The van der Waals surface area contributed by atoms with Crippen molar-refractivity contribution in [3.05, 3.63) is 77.2 Å². The normalized spacial score (nSPS) is 10.9. The molecule has 4 aromatic rings. The summed E-state index contributed by atoms with van der Waals surface area (Å²) in [4.78, 5) is 33.1. The Bertz CT molecular complexity index is 1180. The second-order valence-corrected chi connectivity index (χ2v) is 6.34. The lowest BCUT2D eigenvalue weighted by atomic mass is 10.1. The molecule has 0 spiro atoms. The Morgan fingerprint density at radius 1 is 1.11 bits per heavy atom. The maximum Gasteiger partial charge on any atom is 0.280 e. The molecule has 0 saturated heterocycles. The molecule has 0 bridgehead atoms. The maximum atomic E-state index is 13.0. The third-order valence-corrected chi connectivity index (χ3v) is 4.41. The molecule has 6 nitrogen and oxygen atoms in total. The third-order valence-electron chi connectivity index (χ3n) is 4.41. The van der Waals surface area contributed by atoms with Gasteiger partial charge in [0, 0.05) is 23.3 Å². The van der Waals surface area contributed by atoms with Crippen LogP contribution in [0.1, 0.15) is 32.0 Å². The van der Waals surface area contributed by atoms with Crippen LogP contribution in [-0.2, 0) is 0 Å². The van der Waals surface area contributed by atoms with E-state index in [2.05, 4.69) is 15.1 Å². The fourth-order valence-corrected chi connectivity index (χ4v) is 2.95. The first-order valence-electron chi connectivity index (χ1n) is 8.46. The van der Waals surface area contributed by atoms with E-state index in [1.807, 2.05) is 37.3 Å². The molecule has 0 unspecified atom stereocenters. The van der Waals surface area contributed by atoms with E-state index >= 15 is 0 Å². The van der Waals surface area contributed by atoms with E-state index in [1.54, 1.807) is 25.3 Å². The van der Waals surface area contributed by atoms with Crippen LogP contribution in [0.3, 0.4) is 0 Å². The van der Waals surface area contributed by atoms with Crippen LogP contribution < -0.4 is 0 Å². The summed E-state index contributed by atoms with van der Waals surface area (Å²) in [6, 6.07) is 13.0. The Labute approximate surface area is 155 Å². The van der Waals surface area contributed by atoms with Gasteiger partial charge in [-0.25, -0.2) is 14.6 Å². The van der Waals surface area contributed by atoms with Gasteiger partial charge < -0.3 is 0 Å². The molecule has 0 fully saturated rings. The van der Waals surface area contributed by atoms with Crippen molar-refractivity contribution < 1.29 is 9.59 Å². The minimum Gasteiger partial charge on any atom is -0.298 e. The van der Waals surface area contributed by atoms with Crippen molar-refractivity contribution in [3.8, 4) is 11.3 Å². The molecule has 4 rings (SSSR count). The van der Waals surface area contributed by atoms with Crippen molar-refractivity contribution >= 4 is 23.2 Å². The summed E-state index contributed by atoms with van der Waals surface area (Å²) in [5.41, 5.74) is 4.30. The first-order valence-corrected chi connectivity index (χ1v) is 8.46. The summed E-state index contributed by atoms with van der Waals surface area (Å²) in [6.45, 7) is 3.74. The van der Waals surface area contributed by atoms with Crippen LogP contribution in [0, 0.1) is 13.8 Å². The second kappa shape index (κ2) is 6.57. The number of carbonyl (C=O) groups excluding carboxylic acids is 2. The van der Waals surface area contributed by atoms with Gasteiger partial charge in [0.15, 0.2) is 11.9 Å². The van der Waals surface area contributed by atoms with Crippen LogP contribution >= 0.6 is 0 Å². The Morgan fingerprint density at radius 3 is 2.63 bits per heavy atom. The Kier molecular flexibility index (Phi) is 4.08. The van der Waals surface area contributed by atoms with Crippen LogP contribution in [0.15, 0.2) is 54.9 Å². The molecule has 27 heavy (non-hydrogen) atoms. The van der Waals surface area contributed by atoms with Crippen LogP contribution in [-0.4, -0.2) is 31.9 Å². The molecule has 3 aromatic heterocycles. The largest absolute Gasteiger partial charge is 0.298 e. The van der Waals surface area contributed by atoms with Crippen molar-refractivity contribution in [1.29, 1.82) is 0 Å². The summed E-state index contributed by atoms with van der Waals surface area (Å²) < 4.78 is 1.20. The predicted octanol–water partition coefficient (Wildman–Crippen LogP) is 3.61. The molecular weight excluding hydrogens is 340 g/mol. The van der Waals surface area contributed by atoms with Crippen molar-refractivity contribution in [2.24, 2.45) is 0 Å². The highest BCUT2D eigenvalue weighted by Gasteiger charge is 2.19. The van der Waals surface area contributed by atoms with Gasteiger partial charge in [-0.1, -0.05) is 29.8 Å². The molecule has 0 N–H and O–H groups in total. The number of carbonyl (C=O) groups is 2. The predicted molar refractivity (Wildman–Crippen MR) is 102 cm³/mol. The first-order chi connectivity index (χ1) is 13.1. The molecule has 0 aliphatic rings. The van der Waals surface area contributed by atoms with Gasteiger partial charge in [-0.2, -0.15) is 5.10 Å². The highest BCUT2D eigenvalue weighted by Crippen LogP contribution is 2.23. The van der Waals surface area contributed by atoms with E-state index < -0.39 is 0 Å². The highest BCUT2D eigenvalue weighted by atomic mass is 16.2. The van der Waals surface area contributed by atoms with Gasteiger partial charge in [0.25, 0.3) is 5.91 Å². The number of nitrogens with zero attached hydrogens (tertiary/aromatic N) is 4. The lowest BCUT2D eigenvalue weighted by molar-refractivity contribution is 0.0944. The quantitative estimate of drug-likeness (QED) is 0.524. The SMILES string of the molecule is Cc1ccc(-c2nn(C(=O)c3cc4cccnc4nc3C)cc2C=O)cc1. The van der Waals surface area contributed by atoms with Crippen molar-refractivity contribution in [3.63, 3.8) is 0 Å². The molecule has 0 saturated carbocycles.